The molecule has 0 N–H and O–H groups in total. The van der Waals surface area contributed by atoms with E-state index in [1.54, 1.807) is 0 Å². The average molecular weight is 348 g/mol. The Labute approximate surface area is 149 Å². The fraction of sp³-hybridized carbons (Fsp3) is 0.684. The van der Waals surface area contributed by atoms with Crippen LogP contribution in [-0.4, -0.2) is 54.3 Å². The largest absolute Gasteiger partial charge is 0.451 e. The van der Waals surface area contributed by atoms with Gasteiger partial charge < -0.3 is 4.74 Å². The van der Waals surface area contributed by atoms with E-state index < -0.39 is 18.3 Å². The summed E-state index contributed by atoms with van der Waals surface area (Å²) in [6.07, 6.45) is 2.91. The third kappa shape index (κ3) is 3.68. The van der Waals surface area contributed by atoms with Gasteiger partial charge in [0, 0.05) is 26.2 Å². The Morgan fingerprint density at radius 3 is 2.12 bits per heavy atom. The molecule has 0 aromatic heterocycles. The van der Waals surface area contributed by atoms with Crippen LogP contribution in [0.4, 0.5) is 0 Å². The summed E-state index contributed by atoms with van der Waals surface area (Å²) >= 11 is 0. The molecule has 138 valence electrons. The van der Waals surface area contributed by atoms with Crippen LogP contribution in [0, 0.1) is 0 Å². The molecule has 1 atom stereocenters. The zero-order chi connectivity index (χ0) is 17.3. The zero-order valence-corrected chi connectivity index (χ0v) is 15.1. The van der Waals surface area contributed by atoms with Gasteiger partial charge in [-0.3, -0.25) is 14.2 Å². The summed E-state index contributed by atoms with van der Waals surface area (Å²) in [6.45, 7) is 7.55. The van der Waals surface area contributed by atoms with E-state index in [0.717, 1.165) is 57.6 Å². The first kappa shape index (κ1) is 17.2. The third-order valence-electron chi connectivity index (χ3n) is 4.91. The summed E-state index contributed by atoms with van der Waals surface area (Å²) in [5.41, 5.74) is 0. The quantitative estimate of drug-likeness (QED) is 0.737. The lowest BCUT2D eigenvalue weighted by Gasteiger charge is -2.55. The second kappa shape index (κ2) is 6.85. The third-order valence-corrected chi connectivity index (χ3v) is 4.91. The summed E-state index contributed by atoms with van der Waals surface area (Å²) in [5.74, 6) is 0.153. The first-order valence-electron chi connectivity index (χ1n) is 9.35. The van der Waals surface area contributed by atoms with Gasteiger partial charge in [0.05, 0.1) is 0 Å². The molecule has 6 heteroatoms. The minimum atomic E-state index is -1.14. The molecule has 0 spiro atoms. The first-order valence-corrected chi connectivity index (χ1v) is 9.35. The summed E-state index contributed by atoms with van der Waals surface area (Å²) < 4.78 is 24.7. The Morgan fingerprint density at radius 1 is 0.920 bits per heavy atom. The number of benzene rings is 1. The highest BCUT2D eigenvalue weighted by Crippen LogP contribution is 2.43. The number of likely N-dealkylation sites (tertiary alicyclic amines) is 2. The van der Waals surface area contributed by atoms with Crippen LogP contribution in [0.1, 0.15) is 39.5 Å². The maximum absolute atomic E-state index is 6.37. The van der Waals surface area contributed by atoms with Crippen LogP contribution in [-0.2, 0) is 14.2 Å². The van der Waals surface area contributed by atoms with Gasteiger partial charge in [-0.2, -0.15) is 0 Å². The van der Waals surface area contributed by atoms with Crippen LogP contribution < -0.4 is 4.74 Å². The predicted molar refractivity (Wildman–Crippen MR) is 92.5 cm³/mol. The lowest BCUT2D eigenvalue weighted by molar-refractivity contribution is -0.632. The molecule has 3 saturated heterocycles. The van der Waals surface area contributed by atoms with E-state index in [9.17, 15) is 0 Å². The van der Waals surface area contributed by atoms with Crippen molar-refractivity contribution in [3.8, 4) is 5.75 Å². The minimum absolute atomic E-state index is 0.526. The number of para-hydroxylation sites is 1. The highest BCUT2D eigenvalue weighted by atomic mass is 17.0. The predicted octanol–water partition coefficient (Wildman–Crippen LogP) is 2.95. The molecule has 3 aliphatic rings. The highest BCUT2D eigenvalue weighted by Gasteiger charge is 2.60. The average Bonchev–Trinajstić information content (AvgIpc) is 3.27. The standard InChI is InChI=1S/C19H28N2O4/c1-18(2)24-19(25-18,21-14-8-9-15-21)23-17(20-12-6-7-13-20)22-16-10-4-3-5-11-16/h3-5,10-11,17H,6-9,12-15H2,1-2H3. The van der Waals surface area contributed by atoms with Crippen LogP contribution in [0.2, 0.25) is 0 Å². The topological polar surface area (TPSA) is 43.4 Å². The van der Waals surface area contributed by atoms with E-state index in [4.69, 9.17) is 18.9 Å². The van der Waals surface area contributed by atoms with E-state index in [2.05, 4.69) is 9.80 Å². The number of hydrogen-bond donors (Lipinski definition) is 0. The molecule has 3 fully saturated rings. The van der Waals surface area contributed by atoms with Gasteiger partial charge in [0.2, 0.25) is 0 Å². The Kier molecular flexibility index (Phi) is 4.73. The van der Waals surface area contributed by atoms with Crippen LogP contribution in [0.5, 0.6) is 5.75 Å². The molecule has 6 nitrogen and oxygen atoms in total. The number of hydrogen-bond acceptors (Lipinski definition) is 6. The fourth-order valence-electron chi connectivity index (χ4n) is 3.74. The molecule has 1 aromatic rings. The molecule has 0 saturated carbocycles. The van der Waals surface area contributed by atoms with E-state index in [0.29, 0.717) is 0 Å². The van der Waals surface area contributed by atoms with Gasteiger partial charge in [-0.05, 0) is 51.7 Å². The second-order valence-electron chi connectivity index (χ2n) is 7.42. The normalized spacial score (nSPS) is 27.1. The van der Waals surface area contributed by atoms with Crippen LogP contribution in [0.25, 0.3) is 0 Å². The highest BCUT2D eigenvalue weighted by molar-refractivity contribution is 5.21. The summed E-state index contributed by atoms with van der Waals surface area (Å²) in [4.78, 5) is 4.35. The van der Waals surface area contributed by atoms with E-state index in [1.165, 1.54) is 0 Å². The molecule has 3 aliphatic heterocycles. The molecule has 25 heavy (non-hydrogen) atoms. The van der Waals surface area contributed by atoms with Crippen molar-refractivity contribution in [2.75, 3.05) is 26.2 Å². The molecule has 1 aromatic carbocycles. The van der Waals surface area contributed by atoms with Crippen molar-refractivity contribution in [3.05, 3.63) is 30.3 Å². The van der Waals surface area contributed by atoms with Gasteiger partial charge >= 0.3 is 6.10 Å². The molecule has 0 bridgehead atoms. The van der Waals surface area contributed by atoms with Gasteiger partial charge in [-0.15, -0.1) is 0 Å². The molecule has 0 radical (unpaired) electrons. The Morgan fingerprint density at radius 2 is 1.52 bits per heavy atom. The maximum atomic E-state index is 6.37. The lowest BCUT2D eigenvalue weighted by atomic mass is 10.3. The van der Waals surface area contributed by atoms with Crippen LogP contribution in [0.15, 0.2) is 30.3 Å². The van der Waals surface area contributed by atoms with Gasteiger partial charge in [0.1, 0.15) is 5.75 Å². The zero-order valence-electron chi connectivity index (χ0n) is 15.1. The van der Waals surface area contributed by atoms with Crippen molar-refractivity contribution in [1.82, 2.24) is 9.80 Å². The Balaban J connectivity index is 1.53. The number of nitrogens with zero attached hydrogens (tertiary/aromatic N) is 2. The van der Waals surface area contributed by atoms with Crippen molar-refractivity contribution >= 4 is 0 Å². The maximum Gasteiger partial charge on any atom is 0.362 e. The molecular weight excluding hydrogens is 320 g/mol. The summed E-state index contributed by atoms with van der Waals surface area (Å²) in [6, 6.07) is 9.80. The van der Waals surface area contributed by atoms with Gasteiger partial charge in [0.15, 0.2) is 5.79 Å². The summed E-state index contributed by atoms with van der Waals surface area (Å²) in [7, 11) is 0. The van der Waals surface area contributed by atoms with E-state index in [-0.39, 0.29) is 0 Å². The SMILES string of the molecule is CC1(C)OC(OC(Oc2ccccc2)N2CCCC2)(N2CCCC2)O1. The van der Waals surface area contributed by atoms with Crippen molar-refractivity contribution < 1.29 is 18.9 Å². The van der Waals surface area contributed by atoms with E-state index in [1.807, 2.05) is 44.2 Å². The van der Waals surface area contributed by atoms with Gasteiger partial charge in [-0.1, -0.05) is 18.2 Å². The lowest BCUT2D eigenvalue weighted by Crippen LogP contribution is -2.71. The molecule has 3 heterocycles. The molecule has 0 amide bonds. The molecular formula is C19H28N2O4. The van der Waals surface area contributed by atoms with E-state index >= 15 is 0 Å². The fourth-order valence-corrected chi connectivity index (χ4v) is 3.74. The van der Waals surface area contributed by atoms with Gasteiger partial charge in [0.25, 0.3) is 6.41 Å². The van der Waals surface area contributed by atoms with Gasteiger partial charge in [-0.25, -0.2) is 9.80 Å². The Hall–Kier alpha value is -1.18. The minimum Gasteiger partial charge on any atom is -0.451 e. The number of rotatable bonds is 6. The van der Waals surface area contributed by atoms with Crippen molar-refractivity contribution in [3.63, 3.8) is 0 Å². The summed E-state index contributed by atoms with van der Waals surface area (Å²) in [5, 5.41) is 0. The monoisotopic (exact) mass is 348 g/mol. The van der Waals surface area contributed by atoms with Crippen molar-refractivity contribution in [2.24, 2.45) is 0 Å². The number of ether oxygens (including phenoxy) is 4. The van der Waals surface area contributed by atoms with Crippen LogP contribution in [0.3, 0.4) is 0 Å². The Bertz CT molecular complexity index is 560. The molecule has 0 aliphatic carbocycles. The first-order chi connectivity index (χ1) is 12.1. The van der Waals surface area contributed by atoms with Crippen LogP contribution >= 0.6 is 0 Å². The molecule has 1 unspecified atom stereocenters. The molecule has 4 rings (SSSR count). The van der Waals surface area contributed by atoms with Crippen molar-refractivity contribution in [2.45, 2.75) is 57.8 Å². The smallest absolute Gasteiger partial charge is 0.362 e. The second-order valence-corrected chi connectivity index (χ2v) is 7.42. The van der Waals surface area contributed by atoms with Crippen molar-refractivity contribution in [1.29, 1.82) is 0 Å².